The smallest absolute Gasteiger partial charge is 0.295 e. The van der Waals surface area contributed by atoms with E-state index in [9.17, 15) is 4.79 Å². The highest BCUT2D eigenvalue weighted by atomic mass is 35.5. The summed E-state index contributed by atoms with van der Waals surface area (Å²) in [5.41, 5.74) is 2.91. The Kier molecular flexibility index (Phi) is 3.36. The third kappa shape index (κ3) is 2.25. The standard InChI is InChI=1S/C15H13ClN2OS/c1-10-3-8-14-13(9-10)17(2)15(19)18(20-14)12-6-4-11(16)5-7-12/h3-9H,1-2H3. The van der Waals surface area contributed by atoms with E-state index in [2.05, 4.69) is 6.07 Å². The molecule has 3 rings (SSSR count). The molecule has 2 aromatic rings. The van der Waals surface area contributed by atoms with E-state index in [0.29, 0.717) is 5.02 Å². The first kappa shape index (κ1) is 13.3. The fourth-order valence-electron chi connectivity index (χ4n) is 2.08. The minimum Gasteiger partial charge on any atom is -0.295 e. The molecule has 0 spiro atoms. The van der Waals surface area contributed by atoms with Gasteiger partial charge in [0, 0.05) is 12.1 Å². The van der Waals surface area contributed by atoms with Crippen molar-refractivity contribution in [1.82, 2.24) is 0 Å². The molecule has 1 aliphatic rings. The van der Waals surface area contributed by atoms with Gasteiger partial charge in [0.1, 0.15) is 0 Å². The Morgan fingerprint density at radius 3 is 2.50 bits per heavy atom. The summed E-state index contributed by atoms with van der Waals surface area (Å²) in [6, 6.07) is 13.3. The van der Waals surface area contributed by atoms with Crippen LogP contribution in [-0.2, 0) is 0 Å². The molecule has 20 heavy (non-hydrogen) atoms. The number of hydrogen-bond acceptors (Lipinski definition) is 2. The Labute approximate surface area is 127 Å². The molecule has 0 N–H and O–H groups in total. The first-order valence-corrected chi connectivity index (χ1v) is 7.33. The van der Waals surface area contributed by atoms with Crippen molar-refractivity contribution in [1.29, 1.82) is 0 Å². The maximum absolute atomic E-state index is 12.5. The van der Waals surface area contributed by atoms with E-state index in [-0.39, 0.29) is 6.03 Å². The first-order chi connectivity index (χ1) is 9.56. The molecule has 0 fully saturated rings. The van der Waals surface area contributed by atoms with Crippen molar-refractivity contribution in [2.24, 2.45) is 0 Å². The predicted molar refractivity (Wildman–Crippen MR) is 84.8 cm³/mol. The molecule has 0 saturated heterocycles. The highest BCUT2D eigenvalue weighted by Gasteiger charge is 2.29. The molecule has 0 saturated carbocycles. The Hall–Kier alpha value is -1.65. The highest BCUT2D eigenvalue weighted by molar-refractivity contribution is 8.01. The minimum absolute atomic E-state index is 0.0598. The number of halogens is 1. The quantitative estimate of drug-likeness (QED) is 0.711. The van der Waals surface area contributed by atoms with E-state index in [1.807, 2.05) is 31.2 Å². The van der Waals surface area contributed by atoms with Crippen LogP contribution in [0.5, 0.6) is 0 Å². The molecule has 0 aliphatic carbocycles. The van der Waals surface area contributed by atoms with Crippen LogP contribution in [0.4, 0.5) is 16.2 Å². The van der Waals surface area contributed by atoms with Crippen LogP contribution in [0.25, 0.3) is 0 Å². The summed E-state index contributed by atoms with van der Waals surface area (Å²) in [5, 5.41) is 0.660. The number of carbonyl (C=O) groups excluding carboxylic acids is 1. The number of carbonyl (C=O) groups is 1. The van der Waals surface area contributed by atoms with Crippen molar-refractivity contribution in [3.05, 3.63) is 53.1 Å². The molecule has 1 heterocycles. The van der Waals surface area contributed by atoms with Crippen LogP contribution in [0.1, 0.15) is 5.56 Å². The SMILES string of the molecule is Cc1ccc2c(c1)N(C)C(=O)N(c1ccc(Cl)cc1)S2. The van der Waals surface area contributed by atoms with E-state index < -0.39 is 0 Å². The van der Waals surface area contributed by atoms with Gasteiger partial charge < -0.3 is 0 Å². The van der Waals surface area contributed by atoms with Gasteiger partial charge >= 0.3 is 6.03 Å². The van der Waals surface area contributed by atoms with E-state index in [1.54, 1.807) is 28.4 Å². The molecule has 0 radical (unpaired) electrons. The van der Waals surface area contributed by atoms with Gasteiger partial charge in [-0.15, -0.1) is 0 Å². The number of hydrogen-bond donors (Lipinski definition) is 0. The molecular formula is C15H13ClN2OS. The van der Waals surface area contributed by atoms with E-state index >= 15 is 0 Å². The molecule has 3 nitrogen and oxygen atoms in total. The van der Waals surface area contributed by atoms with E-state index in [0.717, 1.165) is 21.8 Å². The number of rotatable bonds is 1. The molecule has 0 atom stereocenters. The van der Waals surface area contributed by atoms with Crippen molar-refractivity contribution >= 4 is 41.0 Å². The number of benzene rings is 2. The molecule has 5 heteroatoms. The van der Waals surface area contributed by atoms with Gasteiger partial charge in [-0.3, -0.25) is 4.90 Å². The lowest BCUT2D eigenvalue weighted by atomic mass is 10.2. The Morgan fingerprint density at radius 2 is 1.80 bits per heavy atom. The van der Waals surface area contributed by atoms with Gasteiger partial charge in [0.15, 0.2) is 0 Å². The van der Waals surface area contributed by atoms with Gasteiger partial charge in [-0.25, -0.2) is 9.10 Å². The van der Waals surface area contributed by atoms with E-state index in [4.69, 9.17) is 11.6 Å². The summed E-state index contributed by atoms with van der Waals surface area (Å²) < 4.78 is 1.67. The summed E-state index contributed by atoms with van der Waals surface area (Å²) in [5.74, 6) is 0. The number of anilines is 2. The fraction of sp³-hybridized carbons (Fsp3) is 0.133. The average Bonchev–Trinajstić information content (AvgIpc) is 2.44. The molecule has 0 unspecified atom stereocenters. The Balaban J connectivity index is 2.02. The second-order valence-corrected chi connectivity index (χ2v) is 6.10. The van der Waals surface area contributed by atoms with Crippen molar-refractivity contribution in [3.63, 3.8) is 0 Å². The Morgan fingerprint density at radius 1 is 1.10 bits per heavy atom. The molecule has 2 amide bonds. The minimum atomic E-state index is -0.0598. The lowest BCUT2D eigenvalue weighted by molar-refractivity contribution is 0.255. The maximum atomic E-state index is 12.5. The number of amides is 2. The lowest BCUT2D eigenvalue weighted by Gasteiger charge is -2.33. The summed E-state index contributed by atoms with van der Waals surface area (Å²) in [6.07, 6.45) is 0. The second kappa shape index (κ2) is 5.04. The predicted octanol–water partition coefficient (Wildman–Crippen LogP) is 4.73. The second-order valence-electron chi connectivity index (χ2n) is 4.67. The number of aryl methyl sites for hydroxylation is 1. The molecule has 2 aromatic carbocycles. The zero-order chi connectivity index (χ0) is 14.3. The van der Waals surface area contributed by atoms with Gasteiger partial charge in [-0.2, -0.15) is 0 Å². The van der Waals surface area contributed by atoms with Crippen molar-refractivity contribution in [2.45, 2.75) is 11.8 Å². The summed E-state index contributed by atoms with van der Waals surface area (Å²) >= 11 is 7.33. The third-order valence-corrected chi connectivity index (χ3v) is 4.53. The van der Waals surface area contributed by atoms with Gasteiger partial charge in [0.05, 0.1) is 16.3 Å². The number of fused-ring (bicyclic) bond motifs is 1. The van der Waals surface area contributed by atoms with Gasteiger partial charge in [0.25, 0.3) is 0 Å². The van der Waals surface area contributed by atoms with Crippen LogP contribution < -0.4 is 9.21 Å². The molecule has 102 valence electrons. The summed E-state index contributed by atoms with van der Waals surface area (Å²) in [4.78, 5) is 15.2. The van der Waals surface area contributed by atoms with Gasteiger partial charge in [-0.1, -0.05) is 17.7 Å². The highest BCUT2D eigenvalue weighted by Crippen LogP contribution is 2.41. The van der Waals surface area contributed by atoms with Crippen LogP contribution in [0.15, 0.2) is 47.4 Å². The fourth-order valence-corrected chi connectivity index (χ4v) is 3.25. The Bertz CT molecular complexity index is 672. The average molecular weight is 305 g/mol. The zero-order valence-electron chi connectivity index (χ0n) is 11.1. The largest absolute Gasteiger partial charge is 0.339 e. The van der Waals surface area contributed by atoms with Crippen LogP contribution >= 0.6 is 23.5 Å². The van der Waals surface area contributed by atoms with Crippen LogP contribution in [0.2, 0.25) is 5.02 Å². The molecule has 1 aliphatic heterocycles. The molecular weight excluding hydrogens is 292 g/mol. The van der Waals surface area contributed by atoms with E-state index in [1.165, 1.54) is 11.9 Å². The first-order valence-electron chi connectivity index (χ1n) is 6.18. The normalized spacial score (nSPS) is 14.4. The van der Waals surface area contributed by atoms with Crippen LogP contribution in [0.3, 0.4) is 0 Å². The maximum Gasteiger partial charge on any atom is 0.339 e. The summed E-state index contributed by atoms with van der Waals surface area (Å²) in [7, 11) is 1.79. The topological polar surface area (TPSA) is 23.6 Å². The lowest BCUT2D eigenvalue weighted by Crippen LogP contribution is -2.40. The van der Waals surface area contributed by atoms with Crippen molar-refractivity contribution in [3.8, 4) is 0 Å². The molecule has 0 aromatic heterocycles. The van der Waals surface area contributed by atoms with Crippen molar-refractivity contribution in [2.75, 3.05) is 16.3 Å². The number of urea groups is 1. The zero-order valence-corrected chi connectivity index (χ0v) is 12.7. The van der Waals surface area contributed by atoms with Gasteiger partial charge in [0.2, 0.25) is 0 Å². The van der Waals surface area contributed by atoms with Crippen LogP contribution in [-0.4, -0.2) is 13.1 Å². The number of nitrogens with zero attached hydrogens (tertiary/aromatic N) is 2. The third-order valence-electron chi connectivity index (χ3n) is 3.19. The summed E-state index contributed by atoms with van der Waals surface area (Å²) in [6.45, 7) is 2.02. The monoisotopic (exact) mass is 304 g/mol. The van der Waals surface area contributed by atoms with Crippen molar-refractivity contribution < 1.29 is 4.79 Å². The van der Waals surface area contributed by atoms with Gasteiger partial charge in [-0.05, 0) is 60.8 Å². The van der Waals surface area contributed by atoms with Crippen LogP contribution in [0, 0.1) is 6.92 Å². The molecule has 0 bridgehead atoms.